The van der Waals surface area contributed by atoms with Crippen LogP contribution in [0.2, 0.25) is 0 Å². The fraction of sp³-hybridized carbons (Fsp3) is 0. The molecular weight excluding hydrogens is 301 g/mol. The van der Waals surface area contributed by atoms with E-state index in [1.807, 2.05) is 0 Å². The molecule has 0 aliphatic rings. The van der Waals surface area contributed by atoms with Crippen LogP contribution in [0.25, 0.3) is 0 Å². The Hall–Kier alpha value is -0.277. The SMILES string of the molecule is C=C[CH2-].[Br][Ru].[CH-]=O.[CH-]=O.[CH-]=O. The van der Waals surface area contributed by atoms with Crippen molar-refractivity contribution in [1.29, 1.82) is 0 Å². The van der Waals surface area contributed by atoms with Gasteiger partial charge < -0.3 is 14.4 Å². The summed E-state index contributed by atoms with van der Waals surface area (Å²) in [6, 6.07) is 0. The summed E-state index contributed by atoms with van der Waals surface area (Å²) in [5.41, 5.74) is 0. The average Bonchev–Trinajstić information content (AvgIpc) is 2.18. The molecule has 69 valence electrons. The van der Waals surface area contributed by atoms with Crippen molar-refractivity contribution in [2.24, 2.45) is 0 Å². The van der Waals surface area contributed by atoms with E-state index in [1.54, 1.807) is 0 Å². The van der Waals surface area contributed by atoms with Gasteiger partial charge in [-0.05, 0) is 0 Å². The van der Waals surface area contributed by atoms with Crippen LogP contribution in [0, 0.1) is 6.92 Å². The molecule has 0 N–H and O–H groups in total. The molecule has 0 aromatic rings. The third kappa shape index (κ3) is 7580. The maximum Gasteiger partial charge on any atom is -0.282 e. The monoisotopic (exact) mass is 309 g/mol. The van der Waals surface area contributed by atoms with Gasteiger partial charge in [-0.1, -0.05) is 0 Å². The van der Waals surface area contributed by atoms with E-state index in [4.69, 9.17) is 14.4 Å². The quantitative estimate of drug-likeness (QED) is 0.381. The molecule has 0 atom stereocenters. The van der Waals surface area contributed by atoms with Crippen LogP contribution in [-0.2, 0) is 30.7 Å². The van der Waals surface area contributed by atoms with Gasteiger partial charge >= 0.3 is 30.0 Å². The zero-order valence-corrected chi connectivity index (χ0v) is 9.00. The number of halogens is 1. The standard InChI is InChI=1S/C3H5.3CHO.BrH.Ru/c1-3-2;3*1-2;;/h3H,1-2H2;3*1H;1H;/q4*-1;;+1/p-1. The molecule has 0 spiro atoms. The summed E-state index contributed by atoms with van der Waals surface area (Å²) >= 11 is 5.03. The molecule has 0 bridgehead atoms. The van der Waals surface area contributed by atoms with Crippen LogP contribution in [0.15, 0.2) is 12.7 Å². The van der Waals surface area contributed by atoms with E-state index in [-0.39, 0.29) is 0 Å². The molecule has 11 heavy (non-hydrogen) atoms. The summed E-state index contributed by atoms with van der Waals surface area (Å²) in [5.74, 6) is 0. The van der Waals surface area contributed by atoms with Crippen molar-refractivity contribution in [3.8, 4) is 0 Å². The molecule has 0 radical (unpaired) electrons. The molecule has 0 fully saturated rings. The molecule has 0 saturated carbocycles. The Kier molecular flexibility index (Phi) is 3980. The van der Waals surface area contributed by atoms with E-state index in [1.165, 1.54) is 6.08 Å². The van der Waals surface area contributed by atoms with Crippen molar-refractivity contribution in [3.63, 3.8) is 0 Å². The number of hydrogen-bond acceptors (Lipinski definition) is 3. The Bertz CT molecular complexity index is 42.1. The summed E-state index contributed by atoms with van der Waals surface area (Å²) in [5, 5.41) is 0. The Balaban J connectivity index is -0.0000000139. The van der Waals surface area contributed by atoms with Gasteiger partial charge in [0, 0.05) is 0 Å². The van der Waals surface area contributed by atoms with E-state index in [2.05, 4.69) is 63.8 Å². The largest absolute Gasteiger partial charge is 0.545 e. The minimum Gasteiger partial charge on any atom is -0.545 e. The smallest absolute Gasteiger partial charge is 0.282 e. The van der Waals surface area contributed by atoms with Gasteiger partial charge in [0.1, 0.15) is 0 Å². The first-order chi connectivity index (χ1) is 5.41. The van der Waals surface area contributed by atoms with Crippen molar-refractivity contribution in [3.05, 3.63) is 19.6 Å². The first-order valence-electron chi connectivity index (χ1n) is 1.66. The molecule has 0 aliphatic carbocycles. The minimum atomic E-state index is 1.50. The van der Waals surface area contributed by atoms with Crippen LogP contribution >= 0.6 is 13.6 Å². The van der Waals surface area contributed by atoms with Crippen LogP contribution in [-0.4, -0.2) is 20.4 Å². The molecular formula is C6H8BrO3Ru-4. The van der Waals surface area contributed by atoms with Gasteiger partial charge in [-0.25, -0.2) is 19.6 Å². The van der Waals surface area contributed by atoms with Crippen molar-refractivity contribution in [2.45, 2.75) is 0 Å². The van der Waals surface area contributed by atoms with E-state index in [0.29, 0.717) is 0 Å². The fourth-order valence-corrected chi connectivity index (χ4v) is 0. The van der Waals surface area contributed by atoms with Gasteiger partial charge in [-0.15, -0.1) is 0 Å². The van der Waals surface area contributed by atoms with E-state index >= 15 is 0 Å². The van der Waals surface area contributed by atoms with Crippen LogP contribution < -0.4 is 0 Å². The minimum absolute atomic E-state index is 1.50. The van der Waals surface area contributed by atoms with Crippen molar-refractivity contribution >= 4 is 34.0 Å². The Labute approximate surface area is 84.3 Å². The third-order valence-corrected chi connectivity index (χ3v) is 0. The second kappa shape index (κ2) is 1410. The number of carbonyl (C=O) groups excluding carboxylic acids is 3. The molecule has 0 amide bonds. The van der Waals surface area contributed by atoms with Gasteiger partial charge in [-0.3, -0.25) is 20.4 Å². The van der Waals surface area contributed by atoms with Crippen molar-refractivity contribution in [2.75, 3.05) is 0 Å². The predicted octanol–water partition coefficient (Wildman–Crippen LogP) is 1.03. The average molecular weight is 309 g/mol. The number of rotatable bonds is 0. The molecule has 0 heterocycles. The molecule has 0 aromatic carbocycles. The Morgan fingerprint density at radius 3 is 1.09 bits per heavy atom. The predicted molar refractivity (Wildman–Crippen MR) is 44.7 cm³/mol. The van der Waals surface area contributed by atoms with Crippen LogP contribution in [0.3, 0.4) is 0 Å². The molecule has 0 aliphatic heterocycles. The van der Waals surface area contributed by atoms with Crippen molar-refractivity contribution in [1.82, 2.24) is 0 Å². The Morgan fingerprint density at radius 2 is 1.09 bits per heavy atom. The Morgan fingerprint density at radius 1 is 1.09 bits per heavy atom. The molecule has 0 rings (SSSR count). The molecule has 0 saturated heterocycles. The first-order valence-corrected chi connectivity index (χ1v) is 5.63. The molecule has 0 aromatic heterocycles. The van der Waals surface area contributed by atoms with Gasteiger partial charge in [0.2, 0.25) is 0 Å². The molecule has 5 heteroatoms. The zero-order chi connectivity index (χ0) is 10.7. The van der Waals surface area contributed by atoms with E-state index < -0.39 is 0 Å². The summed E-state index contributed by atoms with van der Waals surface area (Å²) in [7, 11) is 0. The zero-order valence-electron chi connectivity index (χ0n) is 5.68. The maximum atomic E-state index is 7.75. The second-order valence-electron chi connectivity index (χ2n) is 0.289. The van der Waals surface area contributed by atoms with E-state index in [0.717, 1.165) is 0 Å². The normalized spacial score (nSPS) is 2.73. The number of hydrogen-bond donors (Lipinski definition) is 0. The molecule has 0 unspecified atom stereocenters. The second-order valence-corrected chi connectivity index (χ2v) is 0.289. The van der Waals surface area contributed by atoms with Crippen LogP contribution in [0.5, 0.6) is 0 Å². The summed E-state index contributed by atoms with van der Waals surface area (Å²) < 4.78 is 0. The molecule has 3 nitrogen and oxygen atoms in total. The first kappa shape index (κ1) is 31.0. The van der Waals surface area contributed by atoms with Gasteiger partial charge in [0.05, 0.1) is 0 Å². The van der Waals surface area contributed by atoms with Gasteiger partial charge in [-0.2, -0.15) is 0 Å². The summed E-state index contributed by atoms with van der Waals surface area (Å²) in [4.78, 5) is 23.2. The summed E-state index contributed by atoms with van der Waals surface area (Å²) in [6.07, 6.45) is 1.50. The van der Waals surface area contributed by atoms with Crippen LogP contribution in [0.4, 0.5) is 0 Å². The van der Waals surface area contributed by atoms with E-state index in [9.17, 15) is 0 Å². The maximum absolute atomic E-state index is 7.75. The topological polar surface area (TPSA) is 51.2 Å². The van der Waals surface area contributed by atoms with Gasteiger partial charge in [0.25, 0.3) is 0 Å². The van der Waals surface area contributed by atoms with Gasteiger partial charge in [0.15, 0.2) is 0 Å². The number of allylic oxidation sites excluding steroid dienone is 1. The van der Waals surface area contributed by atoms with Crippen molar-refractivity contribution < 1.29 is 30.7 Å². The summed E-state index contributed by atoms with van der Waals surface area (Å²) in [6.45, 7) is 16.2. The van der Waals surface area contributed by atoms with Crippen LogP contribution in [0.1, 0.15) is 0 Å². The third-order valence-electron chi connectivity index (χ3n) is 0. The fourth-order valence-electron chi connectivity index (χ4n) is 0.